The number of rotatable bonds is 6. The number of nitro groups is 1. The van der Waals surface area contributed by atoms with E-state index in [4.69, 9.17) is 21.1 Å². The molecule has 6 nitrogen and oxygen atoms in total. The van der Waals surface area contributed by atoms with Crippen molar-refractivity contribution >= 4 is 23.0 Å². The Morgan fingerprint density at radius 3 is 2.61 bits per heavy atom. The molecule has 7 heteroatoms. The average molecular weight is 275 g/mol. The number of anilines is 1. The molecule has 0 aromatic heterocycles. The summed E-state index contributed by atoms with van der Waals surface area (Å²) in [5.41, 5.74) is 0.516. The molecule has 0 atom stereocenters. The lowest BCUT2D eigenvalue weighted by Gasteiger charge is -2.20. The van der Waals surface area contributed by atoms with Gasteiger partial charge in [0.05, 0.1) is 29.4 Å². The van der Waals surface area contributed by atoms with E-state index >= 15 is 0 Å². The van der Waals surface area contributed by atoms with E-state index in [0.717, 1.165) is 0 Å². The molecular formula is C11H15ClN2O4. The number of methoxy groups -OCH3 is 2. The van der Waals surface area contributed by atoms with Gasteiger partial charge in [-0.05, 0) is 0 Å². The highest BCUT2D eigenvalue weighted by Crippen LogP contribution is 2.37. The van der Waals surface area contributed by atoms with Crippen molar-refractivity contribution in [2.24, 2.45) is 0 Å². The standard InChI is InChI=1S/C11H15ClN2O4/c1-13(4-5-17-2)9-7-11(18-3)10(14(15)16)6-8(9)12/h6-7H,4-5H2,1-3H3. The van der Waals surface area contributed by atoms with Gasteiger partial charge in [-0.2, -0.15) is 0 Å². The fourth-order valence-corrected chi connectivity index (χ4v) is 1.78. The molecule has 1 rings (SSSR count). The van der Waals surface area contributed by atoms with Crippen LogP contribution in [0.4, 0.5) is 11.4 Å². The maximum atomic E-state index is 10.8. The van der Waals surface area contributed by atoms with Gasteiger partial charge in [-0.3, -0.25) is 10.1 Å². The van der Waals surface area contributed by atoms with Crippen LogP contribution in [-0.2, 0) is 4.74 Å². The second kappa shape index (κ2) is 6.42. The van der Waals surface area contributed by atoms with Crippen molar-refractivity contribution in [1.82, 2.24) is 0 Å². The maximum absolute atomic E-state index is 10.8. The molecule has 0 amide bonds. The fraction of sp³-hybridized carbons (Fsp3) is 0.455. The van der Waals surface area contributed by atoms with Crippen molar-refractivity contribution < 1.29 is 14.4 Å². The Labute approximate surface area is 110 Å². The van der Waals surface area contributed by atoms with Crippen LogP contribution in [0.2, 0.25) is 5.02 Å². The molecule has 0 N–H and O–H groups in total. The Balaban J connectivity index is 3.10. The monoisotopic (exact) mass is 274 g/mol. The van der Waals surface area contributed by atoms with E-state index in [9.17, 15) is 10.1 Å². The van der Waals surface area contributed by atoms with Crippen LogP contribution < -0.4 is 9.64 Å². The highest BCUT2D eigenvalue weighted by molar-refractivity contribution is 6.33. The van der Waals surface area contributed by atoms with E-state index in [1.807, 2.05) is 11.9 Å². The van der Waals surface area contributed by atoms with Crippen LogP contribution in [-0.4, -0.2) is 39.3 Å². The summed E-state index contributed by atoms with van der Waals surface area (Å²) < 4.78 is 9.97. The van der Waals surface area contributed by atoms with Crippen molar-refractivity contribution in [3.63, 3.8) is 0 Å². The number of benzene rings is 1. The molecule has 0 bridgehead atoms. The minimum absolute atomic E-state index is 0.147. The van der Waals surface area contributed by atoms with Crippen molar-refractivity contribution in [2.75, 3.05) is 39.3 Å². The molecule has 0 saturated carbocycles. The average Bonchev–Trinajstić information content (AvgIpc) is 2.35. The highest BCUT2D eigenvalue weighted by atomic mass is 35.5. The van der Waals surface area contributed by atoms with E-state index in [2.05, 4.69) is 0 Å². The molecule has 0 fully saturated rings. The lowest BCUT2D eigenvalue weighted by atomic mass is 10.2. The predicted molar refractivity (Wildman–Crippen MR) is 69.8 cm³/mol. The molecule has 0 radical (unpaired) electrons. The molecular weight excluding hydrogens is 260 g/mol. The first kappa shape index (κ1) is 14.5. The second-order valence-electron chi connectivity index (χ2n) is 3.65. The van der Waals surface area contributed by atoms with Crippen LogP contribution in [0.5, 0.6) is 5.75 Å². The first-order valence-corrected chi connectivity index (χ1v) is 5.61. The molecule has 0 aliphatic rings. The molecule has 100 valence electrons. The van der Waals surface area contributed by atoms with Crippen molar-refractivity contribution in [2.45, 2.75) is 0 Å². The lowest BCUT2D eigenvalue weighted by molar-refractivity contribution is -0.385. The number of nitrogens with zero attached hydrogens (tertiary/aromatic N) is 2. The summed E-state index contributed by atoms with van der Waals surface area (Å²) in [6.45, 7) is 1.16. The molecule has 0 saturated heterocycles. The zero-order valence-corrected chi connectivity index (χ0v) is 11.2. The van der Waals surface area contributed by atoms with Crippen LogP contribution in [0.3, 0.4) is 0 Å². The summed E-state index contributed by atoms with van der Waals surface area (Å²) in [6.07, 6.45) is 0. The maximum Gasteiger partial charge on any atom is 0.312 e. The van der Waals surface area contributed by atoms with Crippen LogP contribution in [0.1, 0.15) is 0 Å². The third-order valence-electron chi connectivity index (χ3n) is 2.49. The van der Waals surface area contributed by atoms with Gasteiger partial charge in [-0.15, -0.1) is 0 Å². The first-order valence-electron chi connectivity index (χ1n) is 5.23. The number of nitro benzene ring substituents is 1. The fourth-order valence-electron chi connectivity index (χ4n) is 1.48. The number of halogens is 1. The minimum atomic E-state index is -0.524. The van der Waals surface area contributed by atoms with E-state index < -0.39 is 4.92 Å². The molecule has 1 aromatic carbocycles. The summed E-state index contributed by atoms with van der Waals surface area (Å²) in [6, 6.07) is 2.84. The smallest absolute Gasteiger partial charge is 0.312 e. The van der Waals surface area contributed by atoms with Crippen LogP contribution in [0.25, 0.3) is 0 Å². The molecule has 0 unspecified atom stereocenters. The Bertz CT molecular complexity index is 439. The Hall–Kier alpha value is -1.53. The van der Waals surface area contributed by atoms with Crippen LogP contribution >= 0.6 is 11.6 Å². The van der Waals surface area contributed by atoms with Gasteiger partial charge in [0.25, 0.3) is 0 Å². The van der Waals surface area contributed by atoms with Gasteiger partial charge in [0.1, 0.15) is 0 Å². The summed E-state index contributed by atoms with van der Waals surface area (Å²) in [7, 11) is 4.81. The molecule has 0 aliphatic carbocycles. The van der Waals surface area contributed by atoms with Gasteiger partial charge in [0.15, 0.2) is 5.75 Å². The molecule has 0 aliphatic heterocycles. The van der Waals surface area contributed by atoms with E-state index in [1.165, 1.54) is 13.2 Å². The van der Waals surface area contributed by atoms with Crippen molar-refractivity contribution in [3.05, 3.63) is 27.3 Å². The normalized spacial score (nSPS) is 10.2. The van der Waals surface area contributed by atoms with Gasteiger partial charge in [0, 0.05) is 32.8 Å². The van der Waals surface area contributed by atoms with Gasteiger partial charge >= 0.3 is 5.69 Å². The van der Waals surface area contributed by atoms with Gasteiger partial charge in [-0.25, -0.2) is 0 Å². The largest absolute Gasteiger partial charge is 0.490 e. The molecule has 18 heavy (non-hydrogen) atoms. The first-order chi connectivity index (χ1) is 8.51. The predicted octanol–water partition coefficient (Wildman–Crippen LogP) is 2.34. The van der Waals surface area contributed by atoms with Gasteiger partial charge < -0.3 is 14.4 Å². The number of hydrogen-bond donors (Lipinski definition) is 0. The summed E-state index contributed by atoms with van der Waals surface area (Å²) >= 11 is 6.03. The topological polar surface area (TPSA) is 64.8 Å². The van der Waals surface area contributed by atoms with Crippen LogP contribution in [0.15, 0.2) is 12.1 Å². The van der Waals surface area contributed by atoms with Gasteiger partial charge in [0.2, 0.25) is 0 Å². The Morgan fingerprint density at radius 2 is 2.11 bits per heavy atom. The molecule has 0 spiro atoms. The second-order valence-corrected chi connectivity index (χ2v) is 4.05. The van der Waals surface area contributed by atoms with E-state index in [-0.39, 0.29) is 11.4 Å². The Morgan fingerprint density at radius 1 is 1.44 bits per heavy atom. The summed E-state index contributed by atoms with van der Waals surface area (Å²) in [5, 5.41) is 11.1. The highest BCUT2D eigenvalue weighted by Gasteiger charge is 2.19. The lowest BCUT2D eigenvalue weighted by Crippen LogP contribution is -2.22. The number of hydrogen-bond acceptors (Lipinski definition) is 5. The zero-order chi connectivity index (χ0) is 13.7. The van der Waals surface area contributed by atoms with E-state index in [0.29, 0.717) is 23.9 Å². The molecule has 1 aromatic rings. The third-order valence-corrected chi connectivity index (χ3v) is 2.79. The SMILES string of the molecule is COCCN(C)c1cc(OC)c([N+](=O)[O-])cc1Cl. The molecule has 0 heterocycles. The van der Waals surface area contributed by atoms with Crippen molar-refractivity contribution in [3.8, 4) is 5.75 Å². The van der Waals surface area contributed by atoms with Gasteiger partial charge in [-0.1, -0.05) is 11.6 Å². The van der Waals surface area contributed by atoms with Crippen molar-refractivity contribution in [1.29, 1.82) is 0 Å². The van der Waals surface area contributed by atoms with E-state index in [1.54, 1.807) is 13.2 Å². The quantitative estimate of drug-likeness (QED) is 0.588. The summed E-state index contributed by atoms with van der Waals surface area (Å²) in [4.78, 5) is 12.1. The number of likely N-dealkylation sites (N-methyl/N-ethyl adjacent to an activating group) is 1. The third kappa shape index (κ3) is 3.24. The number of ether oxygens (including phenoxy) is 2. The summed E-state index contributed by atoms with van der Waals surface area (Å²) in [5.74, 6) is 0.184. The zero-order valence-electron chi connectivity index (χ0n) is 10.5. The Kier molecular flexibility index (Phi) is 5.18. The minimum Gasteiger partial charge on any atom is -0.490 e. The van der Waals surface area contributed by atoms with Crippen LogP contribution in [0, 0.1) is 10.1 Å².